The van der Waals surface area contributed by atoms with E-state index in [-0.39, 0.29) is 5.41 Å². The molecular weight excluding hydrogens is 288 g/mol. The Hall–Kier alpha value is -0.0900. The summed E-state index contributed by atoms with van der Waals surface area (Å²) in [7, 11) is 0. The molecule has 1 heterocycles. The van der Waals surface area contributed by atoms with E-state index in [1.165, 1.54) is 4.91 Å². The number of hydrogen-bond donors (Lipinski definition) is 0. The first-order chi connectivity index (χ1) is 9.05. The molecule has 20 heavy (non-hydrogen) atoms. The summed E-state index contributed by atoms with van der Waals surface area (Å²) in [6, 6.07) is 0. The molecule has 4 heteroatoms. The van der Waals surface area contributed by atoms with Crippen LogP contribution in [-0.4, -0.2) is 22.7 Å². The summed E-state index contributed by atoms with van der Waals surface area (Å²) in [5.74, 6) is 2.00. The molecule has 0 aromatic rings. The fourth-order valence-electron chi connectivity index (χ4n) is 1.56. The van der Waals surface area contributed by atoms with Gasteiger partial charge in [0.1, 0.15) is 0 Å². The van der Waals surface area contributed by atoms with Crippen molar-refractivity contribution < 1.29 is 9.53 Å². The maximum absolute atomic E-state index is 11.4. The lowest BCUT2D eigenvalue weighted by atomic mass is 10.0. The number of carbonyl (C=O) groups excluding carboxylic acids is 1. The maximum Gasteiger partial charge on any atom is 0.209 e. The van der Waals surface area contributed by atoms with Crippen LogP contribution in [0.1, 0.15) is 54.4 Å². The Bertz CT molecular complexity index is 364. The van der Waals surface area contributed by atoms with Gasteiger partial charge >= 0.3 is 0 Å². The van der Waals surface area contributed by atoms with Gasteiger partial charge in [-0.2, -0.15) is 0 Å². The first kappa shape index (κ1) is 18.0. The van der Waals surface area contributed by atoms with E-state index in [1.54, 1.807) is 11.8 Å². The van der Waals surface area contributed by atoms with Crippen LogP contribution < -0.4 is 0 Å². The van der Waals surface area contributed by atoms with Gasteiger partial charge in [0.2, 0.25) is 4.93 Å². The van der Waals surface area contributed by atoms with Crippen molar-refractivity contribution in [2.24, 2.45) is 10.8 Å². The van der Waals surface area contributed by atoms with Gasteiger partial charge in [0, 0.05) is 22.8 Å². The summed E-state index contributed by atoms with van der Waals surface area (Å²) in [6.45, 7) is 13.3. The molecule has 0 fully saturated rings. The molecule has 0 aromatic carbocycles. The van der Waals surface area contributed by atoms with Crippen molar-refractivity contribution in [2.75, 3.05) is 11.5 Å². The van der Waals surface area contributed by atoms with Crippen LogP contribution in [0.25, 0.3) is 0 Å². The molecular formula is C16H28O2S2. The predicted octanol–water partition coefficient (Wildman–Crippen LogP) is 5.09. The van der Waals surface area contributed by atoms with Gasteiger partial charge in [-0.3, -0.25) is 4.79 Å². The molecule has 116 valence electrons. The van der Waals surface area contributed by atoms with E-state index in [2.05, 4.69) is 41.5 Å². The molecule has 0 N–H and O–H groups in total. The standard InChI is InChI=1S/C16H28O2S2/c1-14(2,3)11-19-13-7-8-16(10-17,18-9-13)20-12-15(4,5)6/h9-10H,7-8,11-12H2,1-6H3. The van der Waals surface area contributed by atoms with Crippen LogP contribution in [-0.2, 0) is 9.53 Å². The van der Waals surface area contributed by atoms with Crippen molar-refractivity contribution in [3.63, 3.8) is 0 Å². The lowest BCUT2D eigenvalue weighted by Crippen LogP contribution is -2.33. The zero-order valence-corrected chi connectivity index (χ0v) is 15.2. The molecule has 0 bridgehead atoms. The molecule has 0 saturated carbocycles. The van der Waals surface area contributed by atoms with Gasteiger partial charge in [0.15, 0.2) is 6.29 Å². The molecule has 1 aliphatic rings. The largest absolute Gasteiger partial charge is 0.476 e. The lowest BCUT2D eigenvalue weighted by Gasteiger charge is -2.33. The SMILES string of the molecule is CC(C)(C)CSC1=COC(C=O)(SCC(C)(C)C)CC1. The Kier molecular flexibility index (Phi) is 6.09. The Morgan fingerprint density at radius 1 is 1.20 bits per heavy atom. The lowest BCUT2D eigenvalue weighted by molar-refractivity contribution is -0.118. The molecule has 1 rings (SSSR count). The number of ether oxygens (including phenoxy) is 1. The van der Waals surface area contributed by atoms with E-state index in [1.807, 2.05) is 18.0 Å². The van der Waals surface area contributed by atoms with E-state index >= 15 is 0 Å². The first-order valence-corrected chi connectivity index (χ1v) is 9.12. The van der Waals surface area contributed by atoms with Crippen LogP contribution in [0.3, 0.4) is 0 Å². The third-order valence-electron chi connectivity index (χ3n) is 2.73. The molecule has 0 saturated heterocycles. The van der Waals surface area contributed by atoms with Gasteiger partial charge in [0.25, 0.3) is 0 Å². The monoisotopic (exact) mass is 316 g/mol. The second-order valence-electron chi connectivity index (χ2n) is 7.83. The number of thioether (sulfide) groups is 2. The van der Waals surface area contributed by atoms with Gasteiger partial charge in [-0.25, -0.2) is 0 Å². The predicted molar refractivity (Wildman–Crippen MR) is 91.0 cm³/mol. The quantitative estimate of drug-likeness (QED) is 0.660. The normalized spacial score (nSPS) is 24.0. The van der Waals surface area contributed by atoms with E-state index in [0.717, 1.165) is 30.6 Å². The van der Waals surface area contributed by atoms with Crippen LogP contribution >= 0.6 is 23.5 Å². The Labute approximate surface area is 132 Å². The molecule has 0 amide bonds. The van der Waals surface area contributed by atoms with Gasteiger partial charge < -0.3 is 4.74 Å². The Balaban J connectivity index is 2.55. The second-order valence-corrected chi connectivity index (χ2v) is 10.2. The Morgan fingerprint density at radius 3 is 2.20 bits per heavy atom. The van der Waals surface area contributed by atoms with Crippen molar-refractivity contribution in [2.45, 2.75) is 59.3 Å². The third kappa shape index (κ3) is 6.57. The fraction of sp³-hybridized carbons (Fsp3) is 0.812. The maximum atomic E-state index is 11.4. The second kappa shape index (κ2) is 6.78. The fourth-order valence-corrected chi connectivity index (χ4v) is 3.65. The van der Waals surface area contributed by atoms with Crippen molar-refractivity contribution in [3.05, 3.63) is 11.2 Å². The first-order valence-electron chi connectivity index (χ1n) is 7.15. The van der Waals surface area contributed by atoms with Crippen LogP contribution in [0, 0.1) is 10.8 Å². The van der Waals surface area contributed by atoms with Crippen molar-refractivity contribution in [1.29, 1.82) is 0 Å². The number of rotatable bonds is 5. The summed E-state index contributed by atoms with van der Waals surface area (Å²) in [4.78, 5) is 12.0. The number of hydrogen-bond acceptors (Lipinski definition) is 4. The van der Waals surface area contributed by atoms with Gasteiger partial charge in [-0.05, 0) is 17.3 Å². The summed E-state index contributed by atoms with van der Waals surface area (Å²) >= 11 is 3.48. The molecule has 1 aliphatic heterocycles. The van der Waals surface area contributed by atoms with E-state index in [0.29, 0.717) is 5.41 Å². The molecule has 1 unspecified atom stereocenters. The average Bonchev–Trinajstić information content (AvgIpc) is 2.33. The summed E-state index contributed by atoms with van der Waals surface area (Å²) in [5, 5.41) is 0. The van der Waals surface area contributed by atoms with Crippen LogP contribution in [0.15, 0.2) is 11.2 Å². The molecule has 0 aromatic heterocycles. The smallest absolute Gasteiger partial charge is 0.209 e. The van der Waals surface area contributed by atoms with Crippen molar-refractivity contribution in [3.8, 4) is 0 Å². The molecule has 1 atom stereocenters. The zero-order valence-electron chi connectivity index (χ0n) is 13.6. The third-order valence-corrected chi connectivity index (χ3v) is 6.31. The Morgan fingerprint density at radius 2 is 1.80 bits per heavy atom. The number of allylic oxidation sites excluding steroid dienone is 1. The minimum Gasteiger partial charge on any atom is -0.476 e. The highest BCUT2D eigenvalue weighted by Crippen LogP contribution is 2.41. The molecule has 0 radical (unpaired) electrons. The minimum atomic E-state index is -0.668. The number of carbonyl (C=O) groups is 1. The van der Waals surface area contributed by atoms with Crippen LogP contribution in [0.4, 0.5) is 0 Å². The highest BCUT2D eigenvalue weighted by atomic mass is 32.2. The molecule has 2 nitrogen and oxygen atoms in total. The highest BCUT2D eigenvalue weighted by molar-refractivity contribution is 8.03. The van der Waals surface area contributed by atoms with Crippen LogP contribution in [0.2, 0.25) is 0 Å². The summed E-state index contributed by atoms with van der Waals surface area (Å²) < 4.78 is 5.80. The molecule has 0 aliphatic carbocycles. The van der Waals surface area contributed by atoms with Gasteiger partial charge in [-0.1, -0.05) is 41.5 Å². The van der Waals surface area contributed by atoms with E-state index in [4.69, 9.17) is 4.74 Å². The highest BCUT2D eigenvalue weighted by Gasteiger charge is 2.36. The average molecular weight is 317 g/mol. The molecule has 0 spiro atoms. The van der Waals surface area contributed by atoms with Gasteiger partial charge in [0.05, 0.1) is 6.26 Å². The number of aldehydes is 1. The minimum absolute atomic E-state index is 0.203. The topological polar surface area (TPSA) is 26.3 Å². The summed E-state index contributed by atoms with van der Waals surface area (Å²) in [6.07, 6.45) is 4.51. The van der Waals surface area contributed by atoms with E-state index in [9.17, 15) is 4.79 Å². The van der Waals surface area contributed by atoms with E-state index < -0.39 is 4.93 Å². The van der Waals surface area contributed by atoms with Gasteiger partial charge in [-0.15, -0.1) is 23.5 Å². The zero-order chi connectivity index (χ0) is 15.4. The summed E-state index contributed by atoms with van der Waals surface area (Å²) in [5.41, 5.74) is 0.515. The van der Waals surface area contributed by atoms with Crippen molar-refractivity contribution >= 4 is 29.8 Å². The van der Waals surface area contributed by atoms with Crippen molar-refractivity contribution in [1.82, 2.24) is 0 Å². The van der Waals surface area contributed by atoms with Crippen LogP contribution in [0.5, 0.6) is 0 Å².